The van der Waals surface area contributed by atoms with E-state index in [2.05, 4.69) is 20.8 Å². The Morgan fingerprint density at radius 2 is 1.59 bits per heavy atom. The van der Waals surface area contributed by atoms with Crippen molar-refractivity contribution < 1.29 is 17.9 Å². The highest BCUT2D eigenvalue weighted by molar-refractivity contribution is 7.89. The lowest BCUT2D eigenvalue weighted by atomic mass is 9.87. The Morgan fingerprint density at radius 3 is 2.11 bits per heavy atom. The first-order valence-electron chi connectivity index (χ1n) is 8.95. The number of nitrogens with zero attached hydrogens (tertiary/aromatic N) is 1. The van der Waals surface area contributed by atoms with Gasteiger partial charge in [-0.05, 0) is 35.6 Å². The normalized spacial score (nSPS) is 12.2. The van der Waals surface area contributed by atoms with Gasteiger partial charge in [0.25, 0.3) is 0 Å². The maximum Gasteiger partial charge on any atom is 0.321 e. The van der Waals surface area contributed by atoms with Gasteiger partial charge in [-0.1, -0.05) is 63.2 Å². The van der Waals surface area contributed by atoms with Crippen LogP contribution in [0.5, 0.6) is 0 Å². The van der Waals surface area contributed by atoms with Crippen LogP contribution in [0.2, 0.25) is 0 Å². The van der Waals surface area contributed by atoms with Crippen molar-refractivity contribution in [1.82, 2.24) is 4.31 Å². The van der Waals surface area contributed by atoms with Crippen molar-refractivity contribution in [2.75, 3.05) is 13.2 Å². The number of hydrogen-bond acceptors (Lipinski definition) is 4. The highest BCUT2D eigenvalue weighted by Gasteiger charge is 2.28. The van der Waals surface area contributed by atoms with Crippen molar-refractivity contribution in [2.24, 2.45) is 0 Å². The Kier molecular flexibility index (Phi) is 6.78. The first-order valence-corrected chi connectivity index (χ1v) is 10.4. The molecule has 2 aromatic rings. The Morgan fingerprint density at radius 1 is 1.00 bits per heavy atom. The molecule has 0 saturated carbocycles. The zero-order valence-electron chi connectivity index (χ0n) is 16.3. The monoisotopic (exact) mass is 389 g/mol. The van der Waals surface area contributed by atoms with Gasteiger partial charge in [-0.15, -0.1) is 0 Å². The fraction of sp³-hybridized carbons (Fsp3) is 0.381. The summed E-state index contributed by atoms with van der Waals surface area (Å²) in [5, 5.41) is 0. The molecule has 6 heteroatoms. The average molecular weight is 390 g/mol. The van der Waals surface area contributed by atoms with Crippen molar-refractivity contribution in [3.8, 4) is 0 Å². The molecule has 2 rings (SSSR count). The number of benzene rings is 2. The second kappa shape index (κ2) is 8.67. The number of ether oxygens (including phenoxy) is 1. The summed E-state index contributed by atoms with van der Waals surface area (Å²) in [6, 6.07) is 16.0. The van der Waals surface area contributed by atoms with E-state index in [0.717, 1.165) is 15.4 Å². The smallest absolute Gasteiger partial charge is 0.321 e. The molecule has 5 nitrogen and oxygen atoms in total. The molecule has 0 atom stereocenters. The standard InChI is InChI=1S/C21H27NO4S/c1-5-26-20(23)16-22(15-17-9-7-6-8-10-17)27(24,25)19-13-11-18(12-14-19)21(2,3)4/h6-14H,5,15-16H2,1-4H3. The second-order valence-electron chi connectivity index (χ2n) is 7.34. The molecule has 0 aliphatic heterocycles. The van der Waals surface area contributed by atoms with Crippen LogP contribution in [0.4, 0.5) is 0 Å². The molecule has 146 valence electrons. The van der Waals surface area contributed by atoms with Gasteiger partial charge < -0.3 is 4.74 Å². The van der Waals surface area contributed by atoms with E-state index in [1.165, 1.54) is 0 Å². The minimum absolute atomic E-state index is 0.0725. The Balaban J connectivity index is 2.35. The Labute approximate surface area is 162 Å². The predicted octanol–water partition coefficient (Wildman–Crippen LogP) is 3.74. The lowest BCUT2D eigenvalue weighted by Crippen LogP contribution is -2.36. The van der Waals surface area contributed by atoms with Crippen LogP contribution in [-0.4, -0.2) is 31.8 Å². The van der Waals surface area contributed by atoms with Crippen molar-refractivity contribution in [2.45, 2.75) is 44.6 Å². The SMILES string of the molecule is CCOC(=O)CN(Cc1ccccc1)S(=O)(=O)c1ccc(C(C)(C)C)cc1. The third-order valence-electron chi connectivity index (χ3n) is 4.17. The van der Waals surface area contributed by atoms with Crippen LogP contribution in [0, 0.1) is 0 Å². The lowest BCUT2D eigenvalue weighted by molar-refractivity contribution is -0.143. The summed E-state index contributed by atoms with van der Waals surface area (Å²) in [4.78, 5) is 12.1. The average Bonchev–Trinajstić information content (AvgIpc) is 2.61. The maximum atomic E-state index is 13.2. The molecular formula is C21H27NO4S. The fourth-order valence-corrected chi connectivity index (χ4v) is 4.01. The third kappa shape index (κ3) is 5.65. The number of hydrogen-bond donors (Lipinski definition) is 0. The fourth-order valence-electron chi connectivity index (χ4n) is 2.64. The number of sulfonamides is 1. The van der Waals surface area contributed by atoms with Crippen molar-refractivity contribution in [1.29, 1.82) is 0 Å². The summed E-state index contributed by atoms with van der Waals surface area (Å²) in [5.74, 6) is -0.566. The van der Waals surface area contributed by atoms with Crippen LogP contribution in [0.15, 0.2) is 59.5 Å². The second-order valence-corrected chi connectivity index (χ2v) is 9.28. The van der Waals surface area contributed by atoms with Gasteiger partial charge in [-0.2, -0.15) is 4.31 Å². The van der Waals surface area contributed by atoms with E-state index in [-0.39, 0.29) is 30.0 Å². The van der Waals surface area contributed by atoms with Gasteiger partial charge in [-0.3, -0.25) is 4.79 Å². The van der Waals surface area contributed by atoms with Crippen LogP contribution < -0.4 is 0 Å². The van der Waals surface area contributed by atoms with Gasteiger partial charge in [0.2, 0.25) is 10.0 Å². The quantitative estimate of drug-likeness (QED) is 0.677. The van der Waals surface area contributed by atoms with E-state index < -0.39 is 16.0 Å². The van der Waals surface area contributed by atoms with E-state index in [4.69, 9.17) is 4.74 Å². The summed E-state index contributed by atoms with van der Waals surface area (Å²) in [5.41, 5.74) is 1.77. The predicted molar refractivity (Wildman–Crippen MR) is 106 cm³/mol. The maximum absolute atomic E-state index is 13.2. The molecule has 0 aliphatic carbocycles. The topological polar surface area (TPSA) is 63.7 Å². The Bertz CT molecular complexity index is 853. The van der Waals surface area contributed by atoms with Crippen molar-refractivity contribution in [3.63, 3.8) is 0 Å². The highest BCUT2D eigenvalue weighted by atomic mass is 32.2. The van der Waals surface area contributed by atoms with Gasteiger partial charge in [0.05, 0.1) is 11.5 Å². The molecule has 0 amide bonds. The molecule has 0 aromatic heterocycles. The van der Waals surface area contributed by atoms with Crippen LogP contribution in [0.3, 0.4) is 0 Å². The van der Waals surface area contributed by atoms with Crippen LogP contribution >= 0.6 is 0 Å². The molecule has 0 bridgehead atoms. The van der Waals surface area contributed by atoms with Crippen molar-refractivity contribution >= 4 is 16.0 Å². The lowest BCUT2D eigenvalue weighted by Gasteiger charge is -2.23. The minimum atomic E-state index is -3.84. The number of rotatable bonds is 7. The van der Waals surface area contributed by atoms with Crippen LogP contribution in [0.25, 0.3) is 0 Å². The summed E-state index contributed by atoms with van der Waals surface area (Å²) in [6.07, 6.45) is 0. The van der Waals surface area contributed by atoms with Gasteiger partial charge in [0.1, 0.15) is 6.54 Å². The van der Waals surface area contributed by atoms with Gasteiger partial charge in [0, 0.05) is 6.54 Å². The van der Waals surface area contributed by atoms with Crippen LogP contribution in [-0.2, 0) is 31.5 Å². The number of esters is 1. The van der Waals surface area contributed by atoms with Crippen molar-refractivity contribution in [3.05, 3.63) is 65.7 Å². The molecule has 0 aliphatic rings. The minimum Gasteiger partial charge on any atom is -0.465 e. The number of carbonyl (C=O) groups is 1. The molecular weight excluding hydrogens is 362 g/mol. The molecule has 2 aromatic carbocycles. The van der Waals surface area contributed by atoms with E-state index in [1.54, 1.807) is 19.1 Å². The summed E-state index contributed by atoms with van der Waals surface area (Å²) >= 11 is 0. The summed E-state index contributed by atoms with van der Waals surface area (Å²) < 4.78 is 32.4. The molecule has 0 spiro atoms. The van der Waals surface area contributed by atoms with E-state index in [9.17, 15) is 13.2 Å². The summed E-state index contributed by atoms with van der Waals surface area (Å²) in [7, 11) is -3.84. The first-order chi connectivity index (χ1) is 12.6. The molecule has 0 radical (unpaired) electrons. The third-order valence-corrected chi connectivity index (χ3v) is 5.98. The molecule has 0 fully saturated rings. The van der Waals surface area contributed by atoms with Gasteiger partial charge in [-0.25, -0.2) is 8.42 Å². The van der Waals surface area contributed by atoms with Crippen LogP contribution in [0.1, 0.15) is 38.8 Å². The zero-order chi connectivity index (χ0) is 20.1. The number of carbonyl (C=O) groups excluding carboxylic acids is 1. The summed E-state index contributed by atoms with van der Waals surface area (Å²) in [6.45, 7) is 7.88. The van der Waals surface area contributed by atoms with E-state index in [1.807, 2.05) is 42.5 Å². The molecule has 27 heavy (non-hydrogen) atoms. The molecule has 0 heterocycles. The first kappa shape index (κ1) is 21.1. The largest absolute Gasteiger partial charge is 0.465 e. The van der Waals surface area contributed by atoms with E-state index >= 15 is 0 Å². The Hall–Kier alpha value is -2.18. The molecule has 0 unspecified atom stereocenters. The van der Waals surface area contributed by atoms with Gasteiger partial charge >= 0.3 is 5.97 Å². The van der Waals surface area contributed by atoms with E-state index in [0.29, 0.717) is 0 Å². The van der Waals surface area contributed by atoms with Gasteiger partial charge in [0.15, 0.2) is 0 Å². The zero-order valence-corrected chi connectivity index (χ0v) is 17.1. The molecule has 0 N–H and O–H groups in total. The molecule has 0 saturated heterocycles. The highest BCUT2D eigenvalue weighted by Crippen LogP contribution is 2.25.